The number of rotatable bonds is 17. The molecule has 0 spiro atoms. The first-order chi connectivity index (χ1) is 27.2. The number of nitrogens with one attached hydrogen (secondary N) is 2. The third kappa shape index (κ3) is 8.53. The number of carbonyl (C=O) groups excluding carboxylic acids is 3. The van der Waals surface area contributed by atoms with E-state index in [1.807, 2.05) is 23.1 Å². The third-order valence-electron chi connectivity index (χ3n) is 11.3. The Morgan fingerprint density at radius 3 is 2.39 bits per heavy atom. The van der Waals surface area contributed by atoms with E-state index >= 15 is 0 Å². The molecular formula is C42H50F2N8O4. The fraction of sp³-hybridized carbons (Fsp3) is 0.476. The molecule has 2 aliphatic rings. The van der Waals surface area contributed by atoms with Gasteiger partial charge in [-0.05, 0) is 80.5 Å². The molecule has 56 heavy (non-hydrogen) atoms. The van der Waals surface area contributed by atoms with Gasteiger partial charge in [0.15, 0.2) is 5.65 Å². The van der Waals surface area contributed by atoms with Crippen molar-refractivity contribution in [2.75, 3.05) is 18.0 Å². The van der Waals surface area contributed by atoms with Crippen LogP contribution in [-0.4, -0.2) is 54.5 Å². The van der Waals surface area contributed by atoms with Crippen LogP contribution in [0.2, 0.25) is 0 Å². The number of imidazole rings is 1. The highest BCUT2D eigenvalue weighted by Crippen LogP contribution is 2.37. The highest BCUT2D eigenvalue weighted by molar-refractivity contribution is 6.00. The molecule has 2 fully saturated rings. The van der Waals surface area contributed by atoms with Crippen molar-refractivity contribution in [3.63, 3.8) is 0 Å². The summed E-state index contributed by atoms with van der Waals surface area (Å²) >= 11 is 0. The number of imide groups is 1. The van der Waals surface area contributed by atoms with E-state index in [4.69, 9.17) is 4.98 Å². The lowest BCUT2D eigenvalue weighted by atomic mass is 10.0. The molecule has 2 saturated heterocycles. The lowest BCUT2D eigenvalue weighted by molar-refractivity contribution is -0.135. The molecular weight excluding hydrogens is 719 g/mol. The van der Waals surface area contributed by atoms with E-state index in [1.165, 1.54) is 54.5 Å². The molecule has 2 aromatic carbocycles. The van der Waals surface area contributed by atoms with Gasteiger partial charge in [-0.25, -0.2) is 23.1 Å². The molecule has 5 heterocycles. The third-order valence-corrected chi connectivity index (χ3v) is 11.3. The number of aryl methyl sites for hydroxylation is 2. The zero-order valence-corrected chi connectivity index (χ0v) is 31.9. The molecule has 0 bridgehead atoms. The minimum atomic E-state index is -0.673. The van der Waals surface area contributed by atoms with Gasteiger partial charge in [0.25, 0.3) is 5.91 Å². The Morgan fingerprint density at radius 1 is 0.875 bits per heavy atom. The summed E-state index contributed by atoms with van der Waals surface area (Å²) in [6.45, 7) is 1.22. The van der Waals surface area contributed by atoms with Crippen LogP contribution < -0.4 is 21.2 Å². The minimum absolute atomic E-state index is 0.224. The maximum absolute atomic E-state index is 14.6. The van der Waals surface area contributed by atoms with Crippen molar-refractivity contribution < 1.29 is 23.2 Å². The van der Waals surface area contributed by atoms with E-state index < -0.39 is 23.6 Å². The van der Waals surface area contributed by atoms with Crippen LogP contribution >= 0.6 is 0 Å². The van der Waals surface area contributed by atoms with Gasteiger partial charge in [-0.2, -0.15) is 5.10 Å². The van der Waals surface area contributed by atoms with Crippen molar-refractivity contribution in [1.82, 2.24) is 34.4 Å². The maximum atomic E-state index is 14.6. The summed E-state index contributed by atoms with van der Waals surface area (Å²) in [7, 11) is 1.72. The molecule has 3 aromatic heterocycles. The summed E-state index contributed by atoms with van der Waals surface area (Å²) in [6, 6.07) is 10.3. The van der Waals surface area contributed by atoms with E-state index in [0.717, 1.165) is 62.6 Å². The second kappa shape index (κ2) is 17.6. The number of hydrogen-bond acceptors (Lipinski definition) is 7. The van der Waals surface area contributed by atoms with Crippen LogP contribution in [0.4, 0.5) is 14.6 Å². The van der Waals surface area contributed by atoms with Crippen LogP contribution in [-0.2, 0) is 23.1 Å². The smallest absolute Gasteiger partial charge is 0.329 e. The predicted octanol–water partition coefficient (Wildman–Crippen LogP) is 6.85. The number of amides is 3. The van der Waals surface area contributed by atoms with Crippen molar-refractivity contribution in [2.24, 2.45) is 7.05 Å². The molecule has 296 valence electrons. The molecule has 2 aliphatic heterocycles. The normalized spacial score (nSPS) is 17.3. The lowest BCUT2D eigenvalue weighted by Gasteiger charge is -2.26. The number of nitrogens with zero attached hydrogens (tertiary/aromatic N) is 6. The summed E-state index contributed by atoms with van der Waals surface area (Å²) in [5.41, 5.74) is 3.57. The largest absolute Gasteiger partial charge is 0.352 e. The summed E-state index contributed by atoms with van der Waals surface area (Å²) in [6.07, 6.45) is 17.5. The number of hydrogen-bond donors (Lipinski definition) is 2. The highest BCUT2D eigenvalue weighted by atomic mass is 19.1. The van der Waals surface area contributed by atoms with Crippen molar-refractivity contribution in [1.29, 1.82) is 0 Å². The summed E-state index contributed by atoms with van der Waals surface area (Å²) in [5, 5.41) is 9.67. The Hall–Kier alpha value is -5.40. The molecule has 2 atom stereocenters. The van der Waals surface area contributed by atoms with Gasteiger partial charge in [-0.3, -0.25) is 28.8 Å². The van der Waals surface area contributed by atoms with Gasteiger partial charge in [-0.15, -0.1) is 0 Å². The number of benzene rings is 2. The Morgan fingerprint density at radius 2 is 1.62 bits per heavy atom. The van der Waals surface area contributed by atoms with Crippen molar-refractivity contribution >= 4 is 40.2 Å². The van der Waals surface area contributed by atoms with Gasteiger partial charge < -0.3 is 10.2 Å². The van der Waals surface area contributed by atoms with Crippen molar-refractivity contribution in [3.8, 4) is 0 Å². The van der Waals surface area contributed by atoms with Gasteiger partial charge in [0.1, 0.15) is 29.1 Å². The number of carbonyl (C=O) groups is 3. The average Bonchev–Trinajstić information content (AvgIpc) is 3.91. The van der Waals surface area contributed by atoms with E-state index in [9.17, 15) is 28.0 Å². The first-order valence-corrected chi connectivity index (χ1v) is 20.1. The van der Waals surface area contributed by atoms with Gasteiger partial charge >= 0.3 is 5.69 Å². The topological polar surface area (TPSA) is 136 Å². The number of aromatic nitrogens is 5. The fourth-order valence-electron chi connectivity index (χ4n) is 8.27. The van der Waals surface area contributed by atoms with Gasteiger partial charge in [0.2, 0.25) is 11.8 Å². The van der Waals surface area contributed by atoms with Crippen LogP contribution in [0.5, 0.6) is 0 Å². The molecule has 0 radical (unpaired) electrons. The second-order valence-electron chi connectivity index (χ2n) is 15.2. The molecule has 2 N–H and O–H groups in total. The second-order valence-corrected chi connectivity index (χ2v) is 15.2. The zero-order valence-electron chi connectivity index (χ0n) is 31.9. The Labute approximate surface area is 324 Å². The SMILES string of the molecule is Cn1c(=O)n(C2CCC(=O)NC2=O)c2ccc(CCCCCCCCCCCCNC(=O)c3cnn4ccc(N5CCCC5c5cc(F)ccc5F)nc34)cc21. The van der Waals surface area contributed by atoms with Crippen LogP contribution in [0.3, 0.4) is 0 Å². The van der Waals surface area contributed by atoms with E-state index in [0.29, 0.717) is 54.0 Å². The molecule has 14 heteroatoms. The van der Waals surface area contributed by atoms with E-state index in [-0.39, 0.29) is 30.0 Å². The van der Waals surface area contributed by atoms with Crippen LogP contribution in [0.1, 0.15) is 123 Å². The molecule has 12 nitrogen and oxygen atoms in total. The zero-order chi connectivity index (χ0) is 39.2. The summed E-state index contributed by atoms with van der Waals surface area (Å²) in [4.78, 5) is 56.9. The molecule has 2 unspecified atom stereocenters. The molecule has 0 saturated carbocycles. The Balaban J connectivity index is 0.772. The van der Waals surface area contributed by atoms with Gasteiger partial charge in [0, 0.05) is 38.3 Å². The number of unbranched alkanes of at least 4 members (excludes halogenated alkanes) is 9. The number of piperidine rings is 1. The summed E-state index contributed by atoms with van der Waals surface area (Å²) in [5.74, 6) is -1.26. The van der Waals surface area contributed by atoms with E-state index in [2.05, 4.69) is 15.7 Å². The fourth-order valence-corrected chi connectivity index (χ4v) is 8.27. The van der Waals surface area contributed by atoms with Crippen LogP contribution in [0, 0.1) is 11.6 Å². The average molecular weight is 769 g/mol. The predicted molar refractivity (Wildman–Crippen MR) is 209 cm³/mol. The molecule has 3 amide bonds. The quantitative estimate of drug-likeness (QED) is 0.0780. The number of anilines is 1. The Bertz CT molecular complexity index is 2280. The number of fused-ring (bicyclic) bond motifs is 2. The molecule has 5 aromatic rings. The van der Waals surface area contributed by atoms with Crippen LogP contribution in [0.25, 0.3) is 16.7 Å². The maximum Gasteiger partial charge on any atom is 0.329 e. The first kappa shape index (κ1) is 38.9. The monoisotopic (exact) mass is 768 g/mol. The van der Waals surface area contributed by atoms with Gasteiger partial charge in [-0.1, -0.05) is 57.4 Å². The summed E-state index contributed by atoms with van der Waals surface area (Å²) < 4.78 is 33.3. The standard InChI is InChI=1S/C42H50F2N8O4/c1-49-36-25-28(15-18-34(36)52(42(49)56)35-19-20-38(53)48-41(35)55)13-10-8-6-4-2-3-5-7-9-11-22-45-40(54)31-27-46-51-24-21-37(47-39(31)51)50-23-12-14-33(50)30-26-29(43)16-17-32(30)44/h15-18,21,24-27,33,35H,2-14,19-20,22-23H2,1H3,(H,45,54)(H,48,53,55). The molecule has 0 aliphatic carbocycles. The number of halogens is 2. The van der Waals surface area contributed by atoms with Crippen molar-refractivity contribution in [2.45, 2.75) is 108 Å². The molecule has 7 rings (SSSR count). The Kier molecular flexibility index (Phi) is 12.2. The van der Waals surface area contributed by atoms with Crippen molar-refractivity contribution in [3.05, 3.63) is 93.7 Å². The first-order valence-electron chi connectivity index (χ1n) is 20.1. The highest BCUT2D eigenvalue weighted by Gasteiger charge is 2.32. The lowest BCUT2D eigenvalue weighted by Crippen LogP contribution is -2.44. The minimum Gasteiger partial charge on any atom is -0.352 e. The van der Waals surface area contributed by atoms with E-state index in [1.54, 1.807) is 28.4 Å². The van der Waals surface area contributed by atoms with Gasteiger partial charge in [0.05, 0.1) is 23.3 Å². The van der Waals surface area contributed by atoms with Crippen LogP contribution in [0.15, 0.2) is 59.7 Å².